The zero-order valence-corrected chi connectivity index (χ0v) is 10.8. The Morgan fingerprint density at radius 2 is 2.25 bits per heavy atom. The molecule has 7 nitrogen and oxygen atoms in total. The van der Waals surface area contributed by atoms with Crippen molar-refractivity contribution < 1.29 is 18.8 Å². The second-order valence-electron chi connectivity index (χ2n) is 4.45. The smallest absolute Gasteiger partial charge is 0.304 e. The second-order valence-corrected chi connectivity index (χ2v) is 4.45. The first-order chi connectivity index (χ1) is 9.52. The van der Waals surface area contributed by atoms with E-state index in [0.717, 1.165) is 12.1 Å². The maximum absolute atomic E-state index is 13.4. The molecule has 1 aromatic carbocycles. The van der Waals surface area contributed by atoms with Crippen molar-refractivity contribution in [2.24, 2.45) is 5.92 Å². The van der Waals surface area contributed by atoms with Crippen LogP contribution in [0.4, 0.5) is 15.8 Å². The van der Waals surface area contributed by atoms with Crippen molar-refractivity contribution in [3.63, 3.8) is 0 Å². The number of nitrogens with zero attached hydrogens (tertiary/aromatic N) is 1. The largest absolute Gasteiger partial charge is 0.379 e. The Morgan fingerprint density at radius 3 is 2.85 bits per heavy atom. The molecule has 1 aliphatic heterocycles. The minimum atomic E-state index is -0.986. The first-order valence-corrected chi connectivity index (χ1v) is 6.02. The lowest BCUT2D eigenvalue weighted by atomic mass is 10.0. The molecule has 2 rings (SSSR count). The Hall–Kier alpha value is -2.06. The summed E-state index contributed by atoms with van der Waals surface area (Å²) in [5.41, 5.74) is -0.444. The summed E-state index contributed by atoms with van der Waals surface area (Å²) in [5, 5.41) is 16.0. The summed E-state index contributed by atoms with van der Waals surface area (Å²) in [4.78, 5) is 21.7. The Balaban J connectivity index is 2.08. The van der Waals surface area contributed by atoms with E-state index >= 15 is 0 Å². The van der Waals surface area contributed by atoms with Gasteiger partial charge in [-0.05, 0) is 13.1 Å². The molecule has 1 amide bonds. The summed E-state index contributed by atoms with van der Waals surface area (Å²) in [6, 6.07) is 3.15. The van der Waals surface area contributed by atoms with Crippen molar-refractivity contribution >= 4 is 17.3 Å². The number of hydrogen-bond donors (Lipinski definition) is 2. The quantitative estimate of drug-likeness (QED) is 0.632. The number of hydrogen-bond acceptors (Lipinski definition) is 5. The second kappa shape index (κ2) is 5.93. The lowest BCUT2D eigenvalue weighted by Crippen LogP contribution is -2.39. The Labute approximate surface area is 114 Å². The molecule has 2 atom stereocenters. The van der Waals surface area contributed by atoms with Crippen LogP contribution in [-0.2, 0) is 9.53 Å². The highest BCUT2D eigenvalue weighted by molar-refractivity contribution is 5.93. The van der Waals surface area contributed by atoms with Gasteiger partial charge in [-0.2, -0.15) is 4.39 Å². The molecule has 0 bridgehead atoms. The van der Waals surface area contributed by atoms with Gasteiger partial charge in [0.2, 0.25) is 11.7 Å². The number of nitrogens with one attached hydrogen (secondary N) is 2. The molecule has 1 aliphatic rings. The molecular formula is C12H14FN3O4. The third-order valence-electron chi connectivity index (χ3n) is 3.20. The van der Waals surface area contributed by atoms with E-state index in [2.05, 4.69) is 10.6 Å². The number of rotatable bonds is 4. The zero-order valence-electron chi connectivity index (χ0n) is 10.8. The highest BCUT2D eigenvalue weighted by Crippen LogP contribution is 2.22. The normalized spacial score (nSPS) is 21.7. The number of amides is 1. The highest BCUT2D eigenvalue weighted by Gasteiger charge is 2.33. The number of anilines is 1. The molecule has 0 aromatic heterocycles. The maximum Gasteiger partial charge on any atom is 0.304 e. The van der Waals surface area contributed by atoms with E-state index in [-0.39, 0.29) is 30.2 Å². The zero-order chi connectivity index (χ0) is 14.7. The molecule has 1 aromatic rings. The Bertz CT molecular complexity index is 537. The Morgan fingerprint density at radius 1 is 1.50 bits per heavy atom. The van der Waals surface area contributed by atoms with Crippen molar-refractivity contribution in [2.45, 2.75) is 6.04 Å². The fraction of sp³-hybridized carbons (Fsp3) is 0.417. The van der Waals surface area contributed by atoms with Gasteiger partial charge in [-0.25, -0.2) is 0 Å². The van der Waals surface area contributed by atoms with Crippen LogP contribution < -0.4 is 10.6 Å². The number of benzene rings is 1. The molecule has 20 heavy (non-hydrogen) atoms. The van der Waals surface area contributed by atoms with E-state index in [0.29, 0.717) is 6.61 Å². The number of halogens is 1. The van der Waals surface area contributed by atoms with Crippen molar-refractivity contribution in [2.75, 3.05) is 25.6 Å². The summed E-state index contributed by atoms with van der Waals surface area (Å²) >= 11 is 0. The molecule has 108 valence electrons. The Kier molecular flexibility index (Phi) is 4.26. The number of nitro groups is 1. The van der Waals surface area contributed by atoms with Gasteiger partial charge >= 0.3 is 5.69 Å². The van der Waals surface area contributed by atoms with Gasteiger partial charge in [0.25, 0.3) is 0 Å². The molecule has 8 heteroatoms. The molecule has 0 saturated carbocycles. The average molecular weight is 283 g/mol. The van der Waals surface area contributed by atoms with E-state index in [1.54, 1.807) is 7.05 Å². The SMILES string of the molecule is CNC1COCC1C(=O)Nc1ccc([N+](=O)[O-])c(F)c1. The molecule has 1 fully saturated rings. The van der Waals surface area contributed by atoms with E-state index in [9.17, 15) is 19.3 Å². The summed E-state index contributed by atoms with van der Waals surface area (Å²) in [5.74, 6) is -1.67. The number of likely N-dealkylation sites (N-methyl/N-ethyl adjacent to an activating group) is 1. The van der Waals surface area contributed by atoms with Gasteiger partial charge in [-0.15, -0.1) is 0 Å². The van der Waals surface area contributed by atoms with E-state index in [1.165, 1.54) is 6.07 Å². The lowest BCUT2D eigenvalue weighted by molar-refractivity contribution is -0.387. The summed E-state index contributed by atoms with van der Waals surface area (Å²) in [7, 11) is 1.73. The predicted octanol–water partition coefficient (Wildman–Crippen LogP) is 0.907. The van der Waals surface area contributed by atoms with Crippen LogP contribution in [0.5, 0.6) is 0 Å². The van der Waals surface area contributed by atoms with Gasteiger partial charge in [0.15, 0.2) is 0 Å². The van der Waals surface area contributed by atoms with Crippen LogP contribution >= 0.6 is 0 Å². The van der Waals surface area contributed by atoms with Gasteiger partial charge < -0.3 is 15.4 Å². The fourth-order valence-corrected chi connectivity index (χ4v) is 2.06. The molecule has 0 radical (unpaired) electrons. The van der Waals surface area contributed by atoms with Gasteiger partial charge in [0, 0.05) is 23.9 Å². The summed E-state index contributed by atoms with van der Waals surface area (Å²) in [6.45, 7) is 0.718. The van der Waals surface area contributed by atoms with Crippen LogP contribution in [0.1, 0.15) is 0 Å². The molecule has 0 aliphatic carbocycles. The summed E-state index contributed by atoms with van der Waals surface area (Å²) < 4.78 is 18.6. The number of carbonyl (C=O) groups is 1. The van der Waals surface area contributed by atoms with Gasteiger partial charge in [0.1, 0.15) is 0 Å². The maximum atomic E-state index is 13.4. The molecule has 2 N–H and O–H groups in total. The minimum Gasteiger partial charge on any atom is -0.379 e. The predicted molar refractivity (Wildman–Crippen MR) is 68.8 cm³/mol. The van der Waals surface area contributed by atoms with Crippen LogP contribution in [-0.4, -0.2) is 37.1 Å². The van der Waals surface area contributed by atoms with Crippen molar-refractivity contribution in [3.8, 4) is 0 Å². The molecular weight excluding hydrogens is 269 g/mol. The van der Waals surface area contributed by atoms with E-state index in [1.807, 2.05) is 0 Å². The standard InChI is InChI=1S/C12H14FN3O4/c1-14-10-6-20-5-8(10)12(17)15-7-2-3-11(16(18)19)9(13)4-7/h2-4,8,10,14H,5-6H2,1H3,(H,15,17). The molecule has 2 unspecified atom stereocenters. The van der Waals surface area contributed by atoms with E-state index < -0.39 is 16.4 Å². The minimum absolute atomic E-state index is 0.0992. The van der Waals surface area contributed by atoms with Crippen LogP contribution in [0.25, 0.3) is 0 Å². The van der Waals surface area contributed by atoms with Crippen LogP contribution in [0, 0.1) is 21.8 Å². The molecule has 1 heterocycles. The molecule has 0 spiro atoms. The third kappa shape index (κ3) is 2.91. The highest BCUT2D eigenvalue weighted by atomic mass is 19.1. The van der Waals surface area contributed by atoms with Gasteiger partial charge in [-0.3, -0.25) is 14.9 Å². The number of nitro benzene ring substituents is 1. The first-order valence-electron chi connectivity index (χ1n) is 6.02. The van der Waals surface area contributed by atoms with Crippen molar-refractivity contribution in [3.05, 3.63) is 34.1 Å². The summed E-state index contributed by atoms with van der Waals surface area (Å²) in [6.07, 6.45) is 0. The first kappa shape index (κ1) is 14.4. The van der Waals surface area contributed by atoms with Crippen LogP contribution in [0.2, 0.25) is 0 Å². The number of ether oxygens (including phenoxy) is 1. The van der Waals surface area contributed by atoms with Gasteiger partial charge in [0.05, 0.1) is 24.1 Å². The van der Waals surface area contributed by atoms with E-state index in [4.69, 9.17) is 4.74 Å². The van der Waals surface area contributed by atoms with Crippen LogP contribution in [0.3, 0.4) is 0 Å². The topological polar surface area (TPSA) is 93.5 Å². The average Bonchev–Trinajstić information content (AvgIpc) is 2.86. The van der Waals surface area contributed by atoms with Crippen molar-refractivity contribution in [1.82, 2.24) is 5.32 Å². The third-order valence-corrected chi connectivity index (χ3v) is 3.20. The van der Waals surface area contributed by atoms with Crippen molar-refractivity contribution in [1.29, 1.82) is 0 Å². The molecule has 1 saturated heterocycles. The van der Waals surface area contributed by atoms with Crippen LogP contribution in [0.15, 0.2) is 18.2 Å². The monoisotopic (exact) mass is 283 g/mol. The lowest BCUT2D eigenvalue weighted by Gasteiger charge is -2.16. The van der Waals surface area contributed by atoms with Gasteiger partial charge in [-0.1, -0.05) is 0 Å². The number of carbonyl (C=O) groups excluding carboxylic acids is 1. The fourth-order valence-electron chi connectivity index (χ4n) is 2.06.